The van der Waals surface area contributed by atoms with Gasteiger partial charge in [-0.15, -0.1) is 11.8 Å². The Balaban J connectivity index is 1.94. The van der Waals surface area contributed by atoms with Gasteiger partial charge in [0.05, 0.1) is 17.3 Å². The Morgan fingerprint density at radius 2 is 2.09 bits per heavy atom. The number of hydrogen-bond donors (Lipinski definition) is 1. The molecule has 0 amide bonds. The van der Waals surface area contributed by atoms with Crippen molar-refractivity contribution in [1.82, 2.24) is 10.2 Å². The lowest BCUT2D eigenvalue weighted by Gasteiger charge is -2.11. The second kappa shape index (κ2) is 6.03. The van der Waals surface area contributed by atoms with Gasteiger partial charge in [-0.2, -0.15) is 18.3 Å². The van der Waals surface area contributed by atoms with Crippen LogP contribution in [0.5, 0.6) is 0 Å². The molecule has 1 aromatic heterocycles. The fourth-order valence-electron chi connectivity index (χ4n) is 2.48. The molecular weight excluding hydrogens is 325 g/mol. The molecule has 2 aromatic rings. The summed E-state index contributed by atoms with van der Waals surface area (Å²) >= 11 is 1.13. The summed E-state index contributed by atoms with van der Waals surface area (Å²) < 4.78 is 38.4. The molecule has 0 radical (unpaired) electrons. The van der Waals surface area contributed by atoms with Crippen LogP contribution >= 0.6 is 11.8 Å². The Hall–Kier alpha value is -1.76. The predicted octanol–water partition coefficient (Wildman–Crippen LogP) is 4.33. The molecule has 7 heteroatoms. The van der Waals surface area contributed by atoms with Gasteiger partial charge in [0.25, 0.3) is 0 Å². The van der Waals surface area contributed by atoms with Crippen LogP contribution in [0.3, 0.4) is 0 Å². The third kappa shape index (κ3) is 3.44. The fourth-order valence-corrected chi connectivity index (χ4v) is 3.10. The molecule has 0 unspecified atom stereocenters. The summed E-state index contributed by atoms with van der Waals surface area (Å²) in [4.78, 5) is 13.0. The molecule has 0 bridgehead atoms. The molecule has 122 valence electrons. The fraction of sp³-hybridized carbons (Fsp3) is 0.375. The van der Waals surface area contributed by atoms with Crippen LogP contribution in [0.15, 0.2) is 29.3 Å². The van der Waals surface area contributed by atoms with E-state index in [1.54, 1.807) is 6.26 Å². The number of aromatic amines is 1. The van der Waals surface area contributed by atoms with Gasteiger partial charge in [-0.1, -0.05) is 0 Å². The average Bonchev–Trinajstić information content (AvgIpc) is 3.20. The van der Waals surface area contributed by atoms with Gasteiger partial charge in [-0.3, -0.25) is 9.89 Å². The molecule has 0 aliphatic heterocycles. The highest BCUT2D eigenvalue weighted by Gasteiger charge is 2.32. The van der Waals surface area contributed by atoms with Crippen molar-refractivity contribution in [3.63, 3.8) is 0 Å². The molecule has 1 fully saturated rings. The van der Waals surface area contributed by atoms with E-state index in [0.29, 0.717) is 16.4 Å². The van der Waals surface area contributed by atoms with Crippen LogP contribution in [-0.4, -0.2) is 22.2 Å². The summed E-state index contributed by atoms with van der Waals surface area (Å²) in [6, 6.07) is 3.23. The standard InChI is InChI=1S/C16H15F3N2OS/c1-23-14-7-10(16(17,18)19)4-5-11(14)15(22)12-8-20-21-13(12)6-9-2-3-9/h4-5,7-9H,2-3,6H2,1H3,(H,20,21). The lowest BCUT2D eigenvalue weighted by molar-refractivity contribution is -0.137. The van der Waals surface area contributed by atoms with Gasteiger partial charge < -0.3 is 0 Å². The number of rotatable bonds is 5. The summed E-state index contributed by atoms with van der Waals surface area (Å²) in [7, 11) is 0. The Morgan fingerprint density at radius 1 is 1.35 bits per heavy atom. The lowest BCUT2D eigenvalue weighted by atomic mass is 10.0. The number of ketones is 1. The monoisotopic (exact) mass is 340 g/mol. The van der Waals surface area contributed by atoms with Crippen molar-refractivity contribution < 1.29 is 18.0 Å². The number of carbonyl (C=O) groups excluding carboxylic acids is 1. The normalized spacial score (nSPS) is 15.0. The summed E-state index contributed by atoms with van der Waals surface area (Å²) in [5, 5.41) is 6.77. The minimum atomic E-state index is -4.42. The number of H-pyrrole nitrogens is 1. The maximum absolute atomic E-state index is 12.8. The third-order valence-electron chi connectivity index (χ3n) is 3.93. The number of benzene rings is 1. The molecule has 3 nitrogen and oxygen atoms in total. The van der Waals surface area contributed by atoms with E-state index in [4.69, 9.17) is 0 Å². The molecular formula is C16H15F3N2OS. The van der Waals surface area contributed by atoms with Crippen molar-refractivity contribution in [2.75, 3.05) is 6.26 Å². The lowest BCUT2D eigenvalue weighted by Crippen LogP contribution is -2.09. The number of carbonyl (C=O) groups is 1. The number of hydrogen-bond acceptors (Lipinski definition) is 3. The zero-order valence-corrected chi connectivity index (χ0v) is 13.2. The quantitative estimate of drug-likeness (QED) is 0.651. The molecule has 1 saturated carbocycles. The van der Waals surface area contributed by atoms with Crippen molar-refractivity contribution in [3.05, 3.63) is 46.8 Å². The molecule has 0 atom stereocenters. The third-order valence-corrected chi connectivity index (χ3v) is 4.70. The SMILES string of the molecule is CSc1cc(C(F)(F)F)ccc1C(=O)c1cn[nH]c1CC1CC1. The highest BCUT2D eigenvalue weighted by Crippen LogP contribution is 2.35. The van der Waals surface area contributed by atoms with Crippen molar-refractivity contribution in [1.29, 1.82) is 0 Å². The van der Waals surface area contributed by atoms with E-state index in [2.05, 4.69) is 10.2 Å². The van der Waals surface area contributed by atoms with Crippen molar-refractivity contribution in [2.45, 2.75) is 30.3 Å². The number of thioether (sulfide) groups is 1. The Kier molecular flexibility index (Phi) is 4.23. The predicted molar refractivity (Wildman–Crippen MR) is 81.7 cm³/mol. The van der Waals surface area contributed by atoms with E-state index in [-0.39, 0.29) is 11.3 Å². The summed E-state index contributed by atoms with van der Waals surface area (Å²) in [5.74, 6) is 0.294. The average molecular weight is 340 g/mol. The van der Waals surface area contributed by atoms with Crippen molar-refractivity contribution >= 4 is 17.5 Å². The van der Waals surface area contributed by atoms with Crippen LogP contribution < -0.4 is 0 Å². The van der Waals surface area contributed by atoms with Gasteiger partial charge in [0.1, 0.15) is 0 Å². The van der Waals surface area contributed by atoms with Crippen LogP contribution in [0.1, 0.15) is 40.0 Å². The minimum Gasteiger partial charge on any atom is -0.288 e. The highest BCUT2D eigenvalue weighted by atomic mass is 32.2. The topological polar surface area (TPSA) is 45.8 Å². The molecule has 1 heterocycles. The first-order valence-electron chi connectivity index (χ1n) is 7.22. The zero-order valence-electron chi connectivity index (χ0n) is 12.4. The van der Waals surface area contributed by atoms with Crippen molar-refractivity contribution in [2.24, 2.45) is 5.92 Å². The van der Waals surface area contributed by atoms with Crippen LogP contribution in [0, 0.1) is 5.92 Å². The first-order valence-corrected chi connectivity index (χ1v) is 8.45. The zero-order chi connectivity index (χ0) is 16.6. The second-order valence-corrected chi connectivity index (χ2v) is 6.50. The summed E-state index contributed by atoms with van der Waals surface area (Å²) in [6.45, 7) is 0. The van der Waals surface area contributed by atoms with Gasteiger partial charge in [0.2, 0.25) is 0 Å². The molecule has 1 N–H and O–H groups in total. The maximum atomic E-state index is 12.8. The van der Waals surface area contributed by atoms with Crippen LogP contribution in [0.4, 0.5) is 13.2 Å². The van der Waals surface area contributed by atoms with E-state index in [1.807, 2.05) is 0 Å². The van der Waals surface area contributed by atoms with E-state index in [9.17, 15) is 18.0 Å². The Morgan fingerprint density at radius 3 is 2.70 bits per heavy atom. The Labute approximate surface area is 135 Å². The molecule has 1 aromatic carbocycles. The molecule has 23 heavy (non-hydrogen) atoms. The van der Waals surface area contributed by atoms with Crippen LogP contribution in [0.25, 0.3) is 0 Å². The number of aromatic nitrogens is 2. The minimum absolute atomic E-state index is 0.281. The molecule has 0 saturated heterocycles. The number of nitrogens with one attached hydrogen (secondary N) is 1. The smallest absolute Gasteiger partial charge is 0.288 e. The largest absolute Gasteiger partial charge is 0.416 e. The number of alkyl halides is 3. The van der Waals surface area contributed by atoms with Gasteiger partial charge in [0.15, 0.2) is 5.78 Å². The molecule has 3 rings (SSSR count). The first kappa shape index (κ1) is 16.1. The number of halogens is 3. The highest BCUT2D eigenvalue weighted by molar-refractivity contribution is 7.98. The van der Waals surface area contributed by atoms with E-state index in [1.165, 1.54) is 12.3 Å². The van der Waals surface area contributed by atoms with Crippen LogP contribution in [-0.2, 0) is 12.6 Å². The molecule has 1 aliphatic rings. The molecule has 1 aliphatic carbocycles. The van der Waals surface area contributed by atoms with Crippen LogP contribution in [0.2, 0.25) is 0 Å². The summed E-state index contributed by atoms with van der Waals surface area (Å²) in [6.07, 6.45) is 1.75. The van der Waals surface area contributed by atoms with E-state index >= 15 is 0 Å². The summed E-state index contributed by atoms with van der Waals surface area (Å²) in [5.41, 5.74) is 0.754. The van der Waals surface area contributed by atoms with Gasteiger partial charge in [-0.05, 0) is 49.6 Å². The Bertz CT molecular complexity index is 735. The maximum Gasteiger partial charge on any atom is 0.416 e. The number of nitrogens with zero attached hydrogens (tertiary/aromatic N) is 1. The molecule has 0 spiro atoms. The van der Waals surface area contributed by atoms with Gasteiger partial charge in [0, 0.05) is 16.2 Å². The first-order chi connectivity index (χ1) is 10.9. The van der Waals surface area contributed by atoms with Gasteiger partial charge >= 0.3 is 6.18 Å². The van der Waals surface area contributed by atoms with E-state index in [0.717, 1.165) is 48.9 Å². The van der Waals surface area contributed by atoms with Crippen molar-refractivity contribution in [3.8, 4) is 0 Å². The van der Waals surface area contributed by atoms with E-state index < -0.39 is 11.7 Å². The second-order valence-electron chi connectivity index (χ2n) is 5.65. The van der Waals surface area contributed by atoms with Gasteiger partial charge in [-0.25, -0.2) is 0 Å².